The average Bonchev–Trinajstić information content (AvgIpc) is 3.42. The van der Waals surface area contributed by atoms with Gasteiger partial charge in [-0.1, -0.05) is 11.8 Å². The Labute approximate surface area is 172 Å². The second-order valence-corrected chi connectivity index (χ2v) is 7.65. The molecule has 1 aliphatic rings. The van der Waals surface area contributed by atoms with Crippen molar-refractivity contribution < 1.29 is 0 Å². The predicted molar refractivity (Wildman–Crippen MR) is 111 cm³/mol. The molecule has 4 heterocycles. The number of H-pyrrole nitrogens is 1. The Balaban J connectivity index is 1.63. The van der Waals surface area contributed by atoms with E-state index in [4.69, 9.17) is 5.26 Å². The zero-order valence-electron chi connectivity index (χ0n) is 15.9. The minimum atomic E-state index is -0.385. The van der Waals surface area contributed by atoms with E-state index in [0.717, 1.165) is 40.3 Å². The van der Waals surface area contributed by atoms with Crippen molar-refractivity contribution in [1.82, 2.24) is 29.6 Å². The molecular formula is C19H19N9S. The van der Waals surface area contributed by atoms with Crippen LogP contribution in [0.25, 0.3) is 22.3 Å². The molecule has 0 aromatic carbocycles. The van der Waals surface area contributed by atoms with Gasteiger partial charge in [-0.2, -0.15) is 15.6 Å². The molecule has 0 amide bonds. The van der Waals surface area contributed by atoms with E-state index in [-0.39, 0.29) is 5.54 Å². The van der Waals surface area contributed by atoms with Crippen LogP contribution in [-0.2, 0) is 5.54 Å². The van der Waals surface area contributed by atoms with Gasteiger partial charge in [-0.25, -0.2) is 9.97 Å². The van der Waals surface area contributed by atoms with Crippen molar-refractivity contribution in [3.63, 3.8) is 0 Å². The fraction of sp³-hybridized carbons (Fsp3) is 0.368. The fourth-order valence-corrected chi connectivity index (χ4v) is 4.42. The van der Waals surface area contributed by atoms with E-state index in [1.54, 1.807) is 6.20 Å². The molecule has 3 aromatic heterocycles. The van der Waals surface area contributed by atoms with Gasteiger partial charge in [0, 0.05) is 36.4 Å². The first kappa shape index (κ1) is 19.0. The summed E-state index contributed by atoms with van der Waals surface area (Å²) in [5.74, 6) is 0. The molecule has 0 saturated carbocycles. The maximum atomic E-state index is 9.49. The Bertz CT molecular complexity index is 1120. The van der Waals surface area contributed by atoms with Crippen LogP contribution < -0.4 is 0 Å². The van der Waals surface area contributed by atoms with Gasteiger partial charge in [-0.3, -0.25) is 4.68 Å². The third kappa shape index (κ3) is 3.43. The number of aromatic nitrogens is 5. The quantitative estimate of drug-likeness (QED) is 0.404. The minimum Gasteiger partial charge on any atom is -0.350 e. The molecule has 4 rings (SSSR count). The number of hydrogen-bond acceptors (Lipinski definition) is 7. The van der Waals surface area contributed by atoms with Crippen molar-refractivity contribution in [3.8, 4) is 23.5 Å². The predicted octanol–water partition coefficient (Wildman–Crippen LogP) is 2.73. The molecular weight excluding hydrogens is 386 g/mol. The largest absolute Gasteiger partial charge is 0.350 e. The average molecular weight is 405 g/mol. The van der Waals surface area contributed by atoms with Crippen molar-refractivity contribution in [2.24, 2.45) is 4.99 Å². The summed E-state index contributed by atoms with van der Waals surface area (Å²) in [5, 5.41) is 24.6. The molecule has 1 N–H and O–H groups in total. The highest BCUT2D eigenvalue weighted by atomic mass is 32.2. The summed E-state index contributed by atoms with van der Waals surface area (Å²) in [5.41, 5.74) is 2.11. The molecule has 0 atom stereocenters. The number of aliphatic imine (C=N–C) groups is 1. The molecule has 10 heteroatoms. The number of fused-ring (bicyclic) bond motifs is 1. The van der Waals surface area contributed by atoms with Gasteiger partial charge in [-0.05, 0) is 25.2 Å². The van der Waals surface area contributed by atoms with E-state index in [9.17, 15) is 5.26 Å². The van der Waals surface area contributed by atoms with E-state index < -0.39 is 0 Å². The SMILES string of the molecule is CS/C(=N\C#N)N1CCC(CC#N)(n2cc(-c3ncnc4[nH]ccc34)cn2)CC1. The van der Waals surface area contributed by atoms with E-state index in [2.05, 4.69) is 36.0 Å². The molecule has 146 valence electrons. The van der Waals surface area contributed by atoms with E-state index in [0.29, 0.717) is 19.5 Å². The van der Waals surface area contributed by atoms with Gasteiger partial charge in [0.25, 0.3) is 0 Å². The lowest BCUT2D eigenvalue weighted by molar-refractivity contribution is 0.144. The standard InChI is InChI=1S/C19H19N9S/c1-29-18(23-12-21)27-8-4-19(3-6-20,5-9-27)28-11-14(10-26-28)16-15-2-7-22-17(15)25-13-24-16/h2,7,10-11,13H,3-5,8-9H2,1H3,(H,22,24,25)/b23-18-. The summed E-state index contributed by atoms with van der Waals surface area (Å²) in [6.07, 6.45) is 12.8. The molecule has 0 radical (unpaired) electrons. The number of piperidine rings is 1. The summed E-state index contributed by atoms with van der Waals surface area (Å²) >= 11 is 1.46. The van der Waals surface area contributed by atoms with Crippen LogP contribution in [0.2, 0.25) is 0 Å². The fourth-order valence-electron chi connectivity index (χ4n) is 3.84. The van der Waals surface area contributed by atoms with Crippen molar-refractivity contribution in [1.29, 1.82) is 10.5 Å². The third-order valence-electron chi connectivity index (χ3n) is 5.40. The molecule has 1 aliphatic heterocycles. The monoisotopic (exact) mass is 405 g/mol. The summed E-state index contributed by atoms with van der Waals surface area (Å²) in [6.45, 7) is 1.43. The molecule has 1 fully saturated rings. The van der Waals surface area contributed by atoms with Gasteiger partial charge in [0.15, 0.2) is 5.17 Å². The number of hydrogen-bond donors (Lipinski definition) is 1. The number of nitriles is 2. The van der Waals surface area contributed by atoms with Gasteiger partial charge in [0.05, 0.1) is 29.9 Å². The molecule has 0 spiro atoms. The first-order chi connectivity index (χ1) is 14.2. The summed E-state index contributed by atoms with van der Waals surface area (Å²) < 4.78 is 1.92. The van der Waals surface area contributed by atoms with Gasteiger partial charge in [-0.15, -0.1) is 4.99 Å². The highest BCUT2D eigenvalue weighted by Crippen LogP contribution is 2.35. The lowest BCUT2D eigenvalue weighted by atomic mass is 9.85. The number of thioether (sulfide) groups is 1. The number of nitrogens with zero attached hydrogens (tertiary/aromatic N) is 8. The first-order valence-electron chi connectivity index (χ1n) is 9.17. The number of aromatic amines is 1. The smallest absolute Gasteiger partial charge is 0.208 e. The number of rotatable bonds is 3. The summed E-state index contributed by atoms with van der Waals surface area (Å²) in [6, 6.07) is 4.29. The first-order valence-corrected chi connectivity index (χ1v) is 10.4. The zero-order chi connectivity index (χ0) is 20.3. The van der Waals surface area contributed by atoms with Crippen molar-refractivity contribution in [3.05, 3.63) is 31.0 Å². The molecule has 9 nitrogen and oxygen atoms in total. The maximum absolute atomic E-state index is 9.49. The van der Waals surface area contributed by atoms with E-state index in [1.807, 2.05) is 35.6 Å². The van der Waals surface area contributed by atoms with Gasteiger partial charge >= 0.3 is 0 Å². The molecule has 0 aliphatic carbocycles. The van der Waals surface area contributed by atoms with Crippen LogP contribution in [0.1, 0.15) is 19.3 Å². The van der Waals surface area contributed by atoms with Gasteiger partial charge in [0.1, 0.15) is 12.0 Å². The van der Waals surface area contributed by atoms with Crippen LogP contribution in [-0.4, -0.2) is 54.1 Å². The second kappa shape index (κ2) is 7.94. The molecule has 1 saturated heterocycles. The van der Waals surface area contributed by atoms with Crippen LogP contribution in [0.3, 0.4) is 0 Å². The Morgan fingerprint density at radius 2 is 2.17 bits per heavy atom. The van der Waals surface area contributed by atoms with E-state index in [1.165, 1.54) is 18.1 Å². The molecule has 29 heavy (non-hydrogen) atoms. The number of nitrogens with one attached hydrogen (secondary N) is 1. The summed E-state index contributed by atoms with van der Waals surface area (Å²) in [4.78, 5) is 17.8. The number of likely N-dealkylation sites (tertiary alicyclic amines) is 1. The Morgan fingerprint density at radius 3 is 2.90 bits per heavy atom. The lowest BCUT2D eigenvalue weighted by Crippen LogP contribution is -2.47. The number of amidine groups is 1. The van der Waals surface area contributed by atoms with Crippen molar-refractivity contribution >= 4 is 28.0 Å². The van der Waals surface area contributed by atoms with Crippen molar-refractivity contribution in [2.75, 3.05) is 19.3 Å². The molecule has 0 bridgehead atoms. The van der Waals surface area contributed by atoms with Crippen LogP contribution in [0.4, 0.5) is 0 Å². The second-order valence-electron chi connectivity index (χ2n) is 6.88. The third-order valence-corrected chi connectivity index (χ3v) is 6.11. The van der Waals surface area contributed by atoms with E-state index >= 15 is 0 Å². The Morgan fingerprint density at radius 1 is 1.34 bits per heavy atom. The van der Waals surface area contributed by atoms with Gasteiger partial charge in [0.2, 0.25) is 6.19 Å². The minimum absolute atomic E-state index is 0.370. The zero-order valence-corrected chi connectivity index (χ0v) is 16.7. The van der Waals surface area contributed by atoms with Crippen LogP contribution in [0, 0.1) is 22.8 Å². The van der Waals surface area contributed by atoms with Crippen molar-refractivity contribution in [2.45, 2.75) is 24.8 Å². The summed E-state index contributed by atoms with van der Waals surface area (Å²) in [7, 11) is 0. The normalized spacial score (nSPS) is 16.5. The Hall–Kier alpha value is -3.37. The van der Waals surface area contributed by atoms with Crippen LogP contribution >= 0.6 is 11.8 Å². The lowest BCUT2D eigenvalue weighted by Gasteiger charge is -2.41. The highest BCUT2D eigenvalue weighted by Gasteiger charge is 2.38. The van der Waals surface area contributed by atoms with Crippen LogP contribution in [0.5, 0.6) is 0 Å². The maximum Gasteiger partial charge on any atom is 0.208 e. The molecule has 3 aromatic rings. The topological polar surface area (TPSA) is 123 Å². The molecule has 0 unspecified atom stereocenters. The van der Waals surface area contributed by atoms with Gasteiger partial charge < -0.3 is 9.88 Å². The Kier molecular flexibility index (Phi) is 5.19. The highest BCUT2D eigenvalue weighted by molar-refractivity contribution is 8.13. The van der Waals surface area contributed by atoms with Crippen LogP contribution in [0.15, 0.2) is 36.0 Å².